The molecule has 152 valence electrons. The Bertz CT molecular complexity index is 1060. The molecule has 0 fully saturated rings. The molecule has 0 aliphatic carbocycles. The standard InChI is InChI=1S/C22H25N3O4/c1-5-7-13-10-18-20(22(26)25(13)6-2)19(16(12-23)21(24)29-18)15-11-14(27-3)8-9-17(15)28-4/h8-11,19H,5-7,24H2,1-4H3. The van der Waals surface area contributed by atoms with Gasteiger partial charge in [-0.25, -0.2) is 0 Å². The Morgan fingerprint density at radius 3 is 2.59 bits per heavy atom. The van der Waals surface area contributed by atoms with Gasteiger partial charge in [0.1, 0.15) is 28.9 Å². The number of pyridine rings is 1. The number of allylic oxidation sites excluding steroid dienone is 1. The summed E-state index contributed by atoms with van der Waals surface area (Å²) in [5, 5.41) is 9.82. The van der Waals surface area contributed by atoms with Crippen molar-refractivity contribution < 1.29 is 14.2 Å². The Hall–Kier alpha value is -3.40. The zero-order valence-corrected chi connectivity index (χ0v) is 17.1. The molecule has 0 saturated carbocycles. The molecule has 0 radical (unpaired) electrons. The van der Waals surface area contributed by atoms with Gasteiger partial charge in [0.15, 0.2) is 0 Å². The minimum absolute atomic E-state index is 0.00836. The maximum atomic E-state index is 13.5. The van der Waals surface area contributed by atoms with Gasteiger partial charge in [0.2, 0.25) is 5.88 Å². The smallest absolute Gasteiger partial charge is 0.258 e. The van der Waals surface area contributed by atoms with Crippen molar-refractivity contribution in [3.8, 4) is 23.3 Å². The number of nitrogens with zero attached hydrogens (tertiary/aromatic N) is 2. The third-order valence-electron chi connectivity index (χ3n) is 5.14. The lowest BCUT2D eigenvalue weighted by Gasteiger charge is -2.28. The lowest BCUT2D eigenvalue weighted by Crippen LogP contribution is -2.33. The summed E-state index contributed by atoms with van der Waals surface area (Å²) in [5.41, 5.74) is 7.96. The van der Waals surface area contributed by atoms with E-state index in [1.807, 2.05) is 13.0 Å². The van der Waals surface area contributed by atoms with Crippen LogP contribution in [0.25, 0.3) is 0 Å². The van der Waals surface area contributed by atoms with Crippen molar-refractivity contribution in [2.45, 2.75) is 39.2 Å². The van der Waals surface area contributed by atoms with Crippen LogP contribution < -0.4 is 25.5 Å². The molecule has 1 aromatic heterocycles. The Balaban J connectivity index is 2.37. The molecule has 2 aromatic rings. The molecular weight excluding hydrogens is 370 g/mol. The number of aromatic nitrogens is 1. The molecule has 0 bridgehead atoms. The largest absolute Gasteiger partial charge is 0.497 e. The number of nitrogens with two attached hydrogens (primary N) is 1. The zero-order valence-electron chi connectivity index (χ0n) is 17.1. The van der Waals surface area contributed by atoms with Crippen molar-refractivity contribution in [3.63, 3.8) is 0 Å². The fraction of sp³-hybridized carbons (Fsp3) is 0.364. The van der Waals surface area contributed by atoms with E-state index in [1.165, 1.54) is 0 Å². The van der Waals surface area contributed by atoms with Crippen LogP contribution in [-0.4, -0.2) is 18.8 Å². The SMILES string of the molecule is CCCc1cc2c(c(=O)n1CC)C(c1cc(OC)ccc1OC)C(C#N)=C(N)O2. The van der Waals surface area contributed by atoms with Crippen molar-refractivity contribution in [1.29, 1.82) is 5.26 Å². The molecule has 1 unspecified atom stereocenters. The molecule has 1 atom stereocenters. The summed E-state index contributed by atoms with van der Waals surface area (Å²) in [4.78, 5) is 13.5. The maximum Gasteiger partial charge on any atom is 0.258 e. The molecule has 7 heteroatoms. The van der Waals surface area contributed by atoms with Crippen LogP contribution >= 0.6 is 0 Å². The summed E-state index contributed by atoms with van der Waals surface area (Å²) >= 11 is 0. The summed E-state index contributed by atoms with van der Waals surface area (Å²) in [6.07, 6.45) is 1.63. The molecule has 3 rings (SSSR count). The van der Waals surface area contributed by atoms with Gasteiger partial charge in [-0.05, 0) is 31.5 Å². The van der Waals surface area contributed by atoms with Crippen molar-refractivity contribution in [2.75, 3.05) is 14.2 Å². The number of ether oxygens (including phenoxy) is 3. The summed E-state index contributed by atoms with van der Waals surface area (Å²) in [7, 11) is 3.10. The summed E-state index contributed by atoms with van der Waals surface area (Å²) in [5.74, 6) is 0.780. The number of benzene rings is 1. The highest BCUT2D eigenvalue weighted by Gasteiger charge is 2.36. The van der Waals surface area contributed by atoms with E-state index >= 15 is 0 Å². The molecule has 2 N–H and O–H groups in total. The molecule has 1 aliphatic heterocycles. The third kappa shape index (κ3) is 3.42. The fourth-order valence-electron chi connectivity index (χ4n) is 3.80. The van der Waals surface area contributed by atoms with Crippen molar-refractivity contribution in [2.24, 2.45) is 5.73 Å². The number of hydrogen-bond donors (Lipinski definition) is 1. The van der Waals surface area contributed by atoms with E-state index in [4.69, 9.17) is 19.9 Å². The second-order valence-corrected chi connectivity index (χ2v) is 6.75. The summed E-state index contributed by atoms with van der Waals surface area (Å²) < 4.78 is 18.3. The lowest BCUT2D eigenvalue weighted by molar-refractivity contribution is 0.379. The minimum atomic E-state index is -0.713. The van der Waals surface area contributed by atoms with Crippen LogP contribution in [0.4, 0.5) is 0 Å². The first-order valence-corrected chi connectivity index (χ1v) is 9.56. The van der Waals surface area contributed by atoms with Crippen LogP contribution in [-0.2, 0) is 13.0 Å². The van der Waals surface area contributed by atoms with Crippen LogP contribution in [0.3, 0.4) is 0 Å². The first-order chi connectivity index (χ1) is 14.0. The normalized spacial score (nSPS) is 15.3. The van der Waals surface area contributed by atoms with Crippen LogP contribution in [0.1, 0.15) is 43.0 Å². The minimum Gasteiger partial charge on any atom is -0.497 e. The van der Waals surface area contributed by atoms with Gasteiger partial charge in [-0.1, -0.05) is 13.3 Å². The van der Waals surface area contributed by atoms with Crippen LogP contribution in [0.15, 0.2) is 40.5 Å². The highest BCUT2D eigenvalue weighted by atomic mass is 16.5. The Labute approximate surface area is 169 Å². The molecular formula is C22H25N3O4. The van der Waals surface area contributed by atoms with Gasteiger partial charge in [0.05, 0.1) is 25.7 Å². The van der Waals surface area contributed by atoms with Crippen LogP contribution in [0.5, 0.6) is 17.2 Å². The van der Waals surface area contributed by atoms with Gasteiger partial charge in [-0.2, -0.15) is 5.26 Å². The lowest BCUT2D eigenvalue weighted by atomic mass is 9.83. The van der Waals surface area contributed by atoms with E-state index < -0.39 is 5.92 Å². The van der Waals surface area contributed by atoms with Crippen molar-refractivity contribution in [3.05, 3.63) is 62.9 Å². The molecule has 1 aromatic carbocycles. The van der Waals surface area contributed by atoms with Crippen molar-refractivity contribution >= 4 is 0 Å². The Kier molecular flexibility index (Phi) is 5.83. The van der Waals surface area contributed by atoms with Crippen LogP contribution in [0.2, 0.25) is 0 Å². The van der Waals surface area contributed by atoms with Gasteiger partial charge >= 0.3 is 0 Å². The first-order valence-electron chi connectivity index (χ1n) is 9.56. The Morgan fingerprint density at radius 1 is 1.24 bits per heavy atom. The number of rotatable bonds is 6. The summed E-state index contributed by atoms with van der Waals surface area (Å²) in [6.45, 7) is 4.49. The van der Waals surface area contributed by atoms with E-state index in [-0.39, 0.29) is 17.0 Å². The van der Waals surface area contributed by atoms with E-state index in [9.17, 15) is 10.1 Å². The highest BCUT2D eigenvalue weighted by Crippen LogP contribution is 2.44. The molecule has 7 nitrogen and oxygen atoms in total. The second-order valence-electron chi connectivity index (χ2n) is 6.75. The first kappa shape index (κ1) is 20.3. The molecule has 2 heterocycles. The average molecular weight is 395 g/mol. The molecule has 29 heavy (non-hydrogen) atoms. The van der Waals surface area contributed by atoms with E-state index in [2.05, 4.69) is 13.0 Å². The monoisotopic (exact) mass is 395 g/mol. The molecule has 0 amide bonds. The van der Waals surface area contributed by atoms with Gasteiger partial charge in [0.25, 0.3) is 5.56 Å². The zero-order chi connectivity index (χ0) is 21.1. The quantitative estimate of drug-likeness (QED) is 0.807. The number of nitriles is 1. The summed E-state index contributed by atoms with van der Waals surface area (Å²) in [6, 6.07) is 9.24. The predicted molar refractivity (Wildman–Crippen MR) is 109 cm³/mol. The number of fused-ring (bicyclic) bond motifs is 1. The number of hydrogen-bond acceptors (Lipinski definition) is 6. The fourth-order valence-corrected chi connectivity index (χ4v) is 3.80. The number of methoxy groups -OCH3 is 2. The second kappa shape index (κ2) is 8.31. The van der Waals surface area contributed by atoms with Crippen LogP contribution in [0, 0.1) is 11.3 Å². The van der Waals surface area contributed by atoms with Gasteiger partial charge in [-0.3, -0.25) is 4.79 Å². The average Bonchev–Trinajstić information content (AvgIpc) is 2.72. The van der Waals surface area contributed by atoms with Gasteiger partial charge in [0, 0.05) is 23.9 Å². The van der Waals surface area contributed by atoms with E-state index in [0.29, 0.717) is 34.9 Å². The molecule has 1 aliphatic rings. The topological polar surface area (TPSA) is 99.5 Å². The third-order valence-corrected chi connectivity index (χ3v) is 5.14. The van der Waals surface area contributed by atoms with Crippen molar-refractivity contribution in [1.82, 2.24) is 4.57 Å². The molecule has 0 spiro atoms. The maximum absolute atomic E-state index is 13.5. The number of aryl methyl sites for hydroxylation is 1. The highest BCUT2D eigenvalue weighted by molar-refractivity contribution is 5.59. The van der Waals surface area contributed by atoms with E-state index in [1.54, 1.807) is 37.0 Å². The van der Waals surface area contributed by atoms with Gasteiger partial charge < -0.3 is 24.5 Å². The van der Waals surface area contributed by atoms with E-state index in [0.717, 1.165) is 18.5 Å². The molecule has 0 saturated heterocycles. The Morgan fingerprint density at radius 2 is 2.00 bits per heavy atom. The predicted octanol–water partition coefficient (Wildman–Crippen LogP) is 3.06. The van der Waals surface area contributed by atoms with Gasteiger partial charge in [-0.15, -0.1) is 0 Å².